The van der Waals surface area contributed by atoms with E-state index in [2.05, 4.69) is 34.6 Å². The molecule has 0 saturated heterocycles. The first-order chi connectivity index (χ1) is 12.5. The third kappa shape index (κ3) is 8.91. The van der Waals surface area contributed by atoms with Crippen molar-refractivity contribution in [3.05, 3.63) is 0 Å². The van der Waals surface area contributed by atoms with Crippen molar-refractivity contribution in [3.63, 3.8) is 0 Å². The molecular formula is C24H48O2. The number of carboxylic acid groups (broad SMARTS) is 1. The molecule has 2 nitrogen and oxygen atoms in total. The van der Waals surface area contributed by atoms with Gasteiger partial charge in [-0.15, -0.1) is 0 Å². The molecule has 2 atom stereocenters. The average molecular weight is 369 g/mol. The summed E-state index contributed by atoms with van der Waals surface area (Å²) in [5, 5.41) is 10.3. The summed E-state index contributed by atoms with van der Waals surface area (Å²) in [4.78, 5) is 12.5. The van der Waals surface area contributed by atoms with E-state index in [1.807, 2.05) is 0 Å². The van der Waals surface area contributed by atoms with Crippen molar-refractivity contribution in [1.82, 2.24) is 0 Å². The van der Waals surface area contributed by atoms with Gasteiger partial charge in [-0.3, -0.25) is 4.79 Å². The van der Waals surface area contributed by atoms with Gasteiger partial charge in [-0.25, -0.2) is 0 Å². The maximum Gasteiger partial charge on any atom is 0.310 e. The van der Waals surface area contributed by atoms with Crippen LogP contribution in [-0.4, -0.2) is 11.1 Å². The van der Waals surface area contributed by atoms with Crippen molar-refractivity contribution in [3.8, 4) is 0 Å². The van der Waals surface area contributed by atoms with E-state index >= 15 is 0 Å². The minimum Gasteiger partial charge on any atom is -0.481 e. The Labute approximate surface area is 164 Å². The number of aliphatic carboxylic acids is 1. The van der Waals surface area contributed by atoms with E-state index in [9.17, 15) is 9.90 Å². The quantitative estimate of drug-likeness (QED) is 0.247. The normalized spacial score (nSPS) is 16.2. The van der Waals surface area contributed by atoms with Gasteiger partial charge in [0.2, 0.25) is 0 Å². The SMILES string of the molecule is CCCCCCCCCCC(C(=O)O)(C(C)CCCC)C(C)CCCC. The molecule has 0 aromatic heterocycles. The standard InChI is InChI=1S/C24H48O2/c1-6-9-12-13-14-15-16-17-20-24(23(25)26,21(4)18-10-7-2)22(5)19-11-8-3/h21-22H,6-20H2,1-5H3,(H,25,26). The van der Waals surface area contributed by atoms with Crippen LogP contribution in [0.25, 0.3) is 0 Å². The van der Waals surface area contributed by atoms with Crippen molar-refractivity contribution < 1.29 is 9.90 Å². The van der Waals surface area contributed by atoms with Gasteiger partial charge in [0.05, 0.1) is 5.41 Å². The summed E-state index contributed by atoms with van der Waals surface area (Å²) in [7, 11) is 0. The smallest absolute Gasteiger partial charge is 0.310 e. The number of hydrogen-bond acceptors (Lipinski definition) is 1. The van der Waals surface area contributed by atoms with Crippen LogP contribution < -0.4 is 0 Å². The van der Waals surface area contributed by atoms with E-state index in [-0.39, 0.29) is 11.8 Å². The summed E-state index contributed by atoms with van der Waals surface area (Å²) in [5.41, 5.74) is -0.521. The fourth-order valence-electron chi connectivity index (χ4n) is 4.59. The highest BCUT2D eigenvalue weighted by Gasteiger charge is 2.46. The molecule has 0 heterocycles. The van der Waals surface area contributed by atoms with Crippen LogP contribution in [0.3, 0.4) is 0 Å². The van der Waals surface area contributed by atoms with Crippen molar-refractivity contribution in [2.75, 3.05) is 0 Å². The van der Waals surface area contributed by atoms with Crippen LogP contribution in [0.2, 0.25) is 0 Å². The largest absolute Gasteiger partial charge is 0.481 e. The Balaban J connectivity index is 4.76. The topological polar surface area (TPSA) is 37.3 Å². The minimum atomic E-state index is -0.535. The second-order valence-electron chi connectivity index (χ2n) is 8.66. The van der Waals surface area contributed by atoms with Gasteiger partial charge in [-0.1, -0.05) is 112 Å². The molecule has 156 valence electrons. The number of hydrogen-bond donors (Lipinski definition) is 1. The molecular weight excluding hydrogens is 320 g/mol. The Kier molecular flexibility index (Phi) is 15.2. The second-order valence-corrected chi connectivity index (χ2v) is 8.66. The molecule has 0 radical (unpaired) electrons. The molecule has 0 aliphatic rings. The van der Waals surface area contributed by atoms with Gasteiger partial charge >= 0.3 is 5.97 Å². The fourth-order valence-corrected chi connectivity index (χ4v) is 4.59. The van der Waals surface area contributed by atoms with Crippen molar-refractivity contribution in [2.24, 2.45) is 17.3 Å². The molecule has 26 heavy (non-hydrogen) atoms. The van der Waals surface area contributed by atoms with Crippen LogP contribution in [0.4, 0.5) is 0 Å². The summed E-state index contributed by atoms with van der Waals surface area (Å²) in [5.74, 6) is 0.0142. The highest BCUT2D eigenvalue weighted by molar-refractivity contribution is 5.75. The zero-order chi connectivity index (χ0) is 19.8. The molecule has 0 rings (SSSR count). The predicted molar refractivity (Wildman–Crippen MR) is 115 cm³/mol. The van der Waals surface area contributed by atoms with Crippen molar-refractivity contribution in [1.29, 1.82) is 0 Å². The summed E-state index contributed by atoms with van der Waals surface area (Å²) in [6.45, 7) is 11.1. The Hall–Kier alpha value is -0.530. The monoisotopic (exact) mass is 368 g/mol. The molecule has 0 aliphatic heterocycles. The summed E-state index contributed by atoms with van der Waals surface area (Å²) < 4.78 is 0. The Bertz CT molecular complexity index is 323. The van der Waals surface area contributed by atoms with Gasteiger partial charge in [-0.2, -0.15) is 0 Å². The van der Waals surface area contributed by atoms with Gasteiger partial charge in [0, 0.05) is 0 Å². The zero-order valence-corrected chi connectivity index (χ0v) is 18.6. The first kappa shape index (κ1) is 25.5. The minimum absolute atomic E-state index is 0.274. The van der Waals surface area contributed by atoms with Crippen molar-refractivity contribution in [2.45, 2.75) is 131 Å². The molecule has 2 unspecified atom stereocenters. The third-order valence-electron chi connectivity index (χ3n) is 6.58. The van der Waals surface area contributed by atoms with E-state index in [1.54, 1.807) is 0 Å². The molecule has 0 spiro atoms. The number of carboxylic acids is 1. The van der Waals surface area contributed by atoms with E-state index in [0.29, 0.717) is 0 Å². The van der Waals surface area contributed by atoms with Crippen LogP contribution in [-0.2, 0) is 4.79 Å². The lowest BCUT2D eigenvalue weighted by Crippen LogP contribution is -2.43. The molecule has 0 bridgehead atoms. The van der Waals surface area contributed by atoms with Crippen LogP contribution in [0.15, 0.2) is 0 Å². The van der Waals surface area contributed by atoms with E-state index in [1.165, 1.54) is 44.9 Å². The van der Waals surface area contributed by atoms with Gasteiger partial charge in [0.15, 0.2) is 0 Å². The maximum absolute atomic E-state index is 12.5. The molecule has 0 saturated carbocycles. The van der Waals surface area contributed by atoms with Gasteiger partial charge in [0.1, 0.15) is 0 Å². The average Bonchev–Trinajstić information content (AvgIpc) is 2.62. The van der Waals surface area contributed by atoms with E-state index < -0.39 is 11.4 Å². The zero-order valence-electron chi connectivity index (χ0n) is 18.6. The lowest BCUT2D eigenvalue weighted by atomic mass is 9.62. The van der Waals surface area contributed by atoms with E-state index in [4.69, 9.17) is 0 Å². The molecule has 0 fully saturated rings. The van der Waals surface area contributed by atoms with Gasteiger partial charge in [0.25, 0.3) is 0 Å². The lowest BCUT2D eigenvalue weighted by molar-refractivity contribution is -0.158. The van der Waals surface area contributed by atoms with Crippen LogP contribution in [0.1, 0.15) is 131 Å². The fraction of sp³-hybridized carbons (Fsp3) is 0.958. The highest BCUT2D eigenvalue weighted by atomic mass is 16.4. The van der Waals surface area contributed by atoms with Crippen molar-refractivity contribution >= 4 is 5.97 Å². The van der Waals surface area contributed by atoms with Crippen LogP contribution in [0, 0.1) is 17.3 Å². The summed E-state index contributed by atoms with van der Waals surface area (Å²) >= 11 is 0. The molecule has 1 N–H and O–H groups in total. The van der Waals surface area contributed by atoms with Gasteiger partial charge in [-0.05, 0) is 31.1 Å². The summed E-state index contributed by atoms with van der Waals surface area (Å²) in [6.07, 6.45) is 17.8. The Morgan fingerprint density at radius 2 is 1.08 bits per heavy atom. The summed E-state index contributed by atoms with van der Waals surface area (Å²) in [6, 6.07) is 0. The van der Waals surface area contributed by atoms with E-state index in [0.717, 1.165) is 51.4 Å². The molecule has 0 aliphatic carbocycles. The molecule has 0 aromatic rings. The lowest BCUT2D eigenvalue weighted by Gasteiger charge is -2.41. The Morgan fingerprint density at radius 1 is 0.692 bits per heavy atom. The first-order valence-electron chi connectivity index (χ1n) is 11.7. The number of unbranched alkanes of at least 4 members (excludes halogenated alkanes) is 9. The first-order valence-corrected chi connectivity index (χ1v) is 11.7. The third-order valence-corrected chi connectivity index (χ3v) is 6.58. The van der Waals surface area contributed by atoms with Gasteiger partial charge < -0.3 is 5.11 Å². The second kappa shape index (κ2) is 15.5. The highest BCUT2D eigenvalue weighted by Crippen LogP contribution is 2.45. The number of carbonyl (C=O) groups is 1. The number of rotatable bonds is 18. The maximum atomic E-state index is 12.5. The Morgan fingerprint density at radius 3 is 1.46 bits per heavy atom. The molecule has 2 heteroatoms. The molecule has 0 amide bonds. The predicted octanol–water partition coefficient (Wildman–Crippen LogP) is 8.24. The van der Waals surface area contributed by atoms with Crippen LogP contribution >= 0.6 is 0 Å². The molecule has 0 aromatic carbocycles. The van der Waals surface area contributed by atoms with Crippen LogP contribution in [0.5, 0.6) is 0 Å².